The van der Waals surface area contributed by atoms with E-state index in [0.717, 1.165) is 18.9 Å². The average molecular weight is 350 g/mol. The van der Waals surface area contributed by atoms with Gasteiger partial charge in [0.05, 0.1) is 11.0 Å². The average Bonchev–Trinajstić information content (AvgIpc) is 3.14. The van der Waals surface area contributed by atoms with Crippen molar-refractivity contribution < 1.29 is 28.7 Å². The summed E-state index contributed by atoms with van der Waals surface area (Å²) in [7, 11) is 0. The van der Waals surface area contributed by atoms with Gasteiger partial charge >= 0.3 is 5.97 Å². The number of amides is 1. The Hall–Kier alpha value is -2.84. The monoisotopic (exact) mass is 350 g/mol. The van der Waals surface area contributed by atoms with Crippen molar-refractivity contribution >= 4 is 17.6 Å². The lowest BCUT2D eigenvalue weighted by molar-refractivity contribution is -0.385. The van der Waals surface area contributed by atoms with Crippen LogP contribution in [0.3, 0.4) is 0 Å². The number of esters is 1. The molecule has 0 aliphatic carbocycles. The number of hydrogen-bond donors (Lipinski definition) is 0. The number of carbonyl (C=O) groups excluding carboxylic acids is 2. The van der Waals surface area contributed by atoms with Crippen LogP contribution in [0.5, 0.6) is 11.5 Å². The van der Waals surface area contributed by atoms with Crippen LogP contribution < -0.4 is 9.47 Å². The predicted molar refractivity (Wildman–Crippen MR) is 84.8 cm³/mol. The number of likely N-dealkylation sites (tertiary alicyclic amines) is 1. The molecule has 1 atom stereocenters. The molecule has 0 saturated carbocycles. The van der Waals surface area contributed by atoms with Crippen molar-refractivity contribution in [1.82, 2.24) is 4.90 Å². The zero-order valence-electron chi connectivity index (χ0n) is 13.7. The second-order valence-electron chi connectivity index (χ2n) is 5.85. The molecule has 2 aliphatic rings. The Morgan fingerprint density at radius 3 is 2.40 bits per heavy atom. The Kier molecular flexibility index (Phi) is 4.73. The third-order valence-electron chi connectivity index (χ3n) is 4.13. The lowest BCUT2D eigenvalue weighted by Crippen LogP contribution is -2.38. The molecule has 1 saturated heterocycles. The summed E-state index contributed by atoms with van der Waals surface area (Å²) in [4.78, 5) is 36.8. The van der Waals surface area contributed by atoms with Crippen molar-refractivity contribution in [3.8, 4) is 11.5 Å². The molecular weight excluding hydrogens is 332 g/mol. The third-order valence-corrected chi connectivity index (χ3v) is 4.13. The minimum absolute atomic E-state index is 0.204. The Bertz CT molecular complexity index is 713. The Morgan fingerprint density at radius 2 is 1.80 bits per heavy atom. The highest BCUT2D eigenvalue weighted by Crippen LogP contribution is 2.37. The van der Waals surface area contributed by atoms with Gasteiger partial charge in [-0.2, -0.15) is 0 Å². The summed E-state index contributed by atoms with van der Waals surface area (Å²) in [5.41, 5.74) is -0.717. The normalized spacial score (nSPS) is 17.1. The number of carbonyl (C=O) groups is 2. The topological polar surface area (TPSA) is 108 Å². The lowest BCUT2D eigenvalue weighted by Gasteiger charge is -2.21. The first-order valence-electron chi connectivity index (χ1n) is 8.05. The van der Waals surface area contributed by atoms with Crippen molar-refractivity contribution in [3.05, 3.63) is 27.8 Å². The molecule has 0 aromatic heterocycles. The van der Waals surface area contributed by atoms with Crippen LogP contribution in [0.1, 0.15) is 30.1 Å². The first-order valence-corrected chi connectivity index (χ1v) is 8.05. The van der Waals surface area contributed by atoms with Crippen molar-refractivity contribution in [1.29, 1.82) is 0 Å². The predicted octanol–water partition coefficient (Wildman–Crippen LogP) is 1.53. The van der Waals surface area contributed by atoms with Gasteiger partial charge < -0.3 is 19.1 Å². The summed E-state index contributed by atoms with van der Waals surface area (Å²) < 4.78 is 15.8. The van der Waals surface area contributed by atoms with E-state index in [-0.39, 0.29) is 36.2 Å². The maximum absolute atomic E-state index is 12.4. The van der Waals surface area contributed by atoms with Gasteiger partial charge in [-0.15, -0.1) is 0 Å². The fourth-order valence-electron chi connectivity index (χ4n) is 2.86. The SMILES string of the molecule is C[C@H](OC(=O)c1cc2c(cc1[N+](=O)[O-])OCCO2)C(=O)N1CCCC1. The summed E-state index contributed by atoms with van der Waals surface area (Å²) in [6, 6.07) is 2.36. The summed E-state index contributed by atoms with van der Waals surface area (Å²) >= 11 is 0. The molecule has 2 heterocycles. The molecule has 0 spiro atoms. The summed E-state index contributed by atoms with van der Waals surface area (Å²) in [6.07, 6.45) is 0.818. The molecule has 0 N–H and O–H groups in total. The van der Waals surface area contributed by atoms with E-state index in [0.29, 0.717) is 13.1 Å². The van der Waals surface area contributed by atoms with Gasteiger partial charge in [0.2, 0.25) is 0 Å². The van der Waals surface area contributed by atoms with Crippen molar-refractivity contribution in [3.63, 3.8) is 0 Å². The van der Waals surface area contributed by atoms with Gasteiger partial charge in [0.15, 0.2) is 17.6 Å². The summed E-state index contributed by atoms with van der Waals surface area (Å²) in [6.45, 7) is 3.27. The lowest BCUT2D eigenvalue weighted by atomic mass is 10.1. The Balaban J connectivity index is 1.80. The van der Waals surface area contributed by atoms with Crippen molar-refractivity contribution in [2.75, 3.05) is 26.3 Å². The highest BCUT2D eigenvalue weighted by molar-refractivity contribution is 5.96. The van der Waals surface area contributed by atoms with E-state index in [9.17, 15) is 19.7 Å². The van der Waals surface area contributed by atoms with E-state index >= 15 is 0 Å². The number of hydrogen-bond acceptors (Lipinski definition) is 7. The van der Waals surface area contributed by atoms with Crippen LogP contribution in [0.15, 0.2) is 12.1 Å². The zero-order chi connectivity index (χ0) is 18.0. The largest absolute Gasteiger partial charge is 0.486 e. The van der Waals surface area contributed by atoms with Gasteiger partial charge in [-0.1, -0.05) is 0 Å². The number of nitro benzene ring substituents is 1. The van der Waals surface area contributed by atoms with E-state index in [1.165, 1.54) is 13.0 Å². The number of rotatable bonds is 4. The molecule has 134 valence electrons. The van der Waals surface area contributed by atoms with E-state index < -0.39 is 22.7 Å². The van der Waals surface area contributed by atoms with Crippen LogP contribution in [0, 0.1) is 10.1 Å². The van der Waals surface area contributed by atoms with Gasteiger partial charge in [-0.3, -0.25) is 14.9 Å². The number of nitrogens with zero attached hydrogens (tertiary/aromatic N) is 2. The molecule has 2 aliphatic heterocycles. The van der Waals surface area contributed by atoms with Crippen LogP contribution in [-0.4, -0.2) is 54.1 Å². The fraction of sp³-hybridized carbons (Fsp3) is 0.500. The van der Waals surface area contributed by atoms with E-state index in [1.807, 2.05) is 0 Å². The van der Waals surface area contributed by atoms with Crippen LogP contribution in [0.25, 0.3) is 0 Å². The molecule has 9 heteroatoms. The number of nitro groups is 1. The molecular formula is C16H18N2O7. The second-order valence-corrected chi connectivity index (χ2v) is 5.85. The van der Waals surface area contributed by atoms with Crippen molar-refractivity contribution in [2.45, 2.75) is 25.9 Å². The molecule has 1 aromatic carbocycles. The van der Waals surface area contributed by atoms with Gasteiger partial charge in [-0.25, -0.2) is 4.79 Å². The van der Waals surface area contributed by atoms with Gasteiger partial charge in [0.1, 0.15) is 18.8 Å². The Labute approximate surface area is 143 Å². The second kappa shape index (κ2) is 6.96. The molecule has 9 nitrogen and oxygen atoms in total. The number of benzene rings is 1. The maximum atomic E-state index is 12.4. The van der Waals surface area contributed by atoms with Gasteiger partial charge in [-0.05, 0) is 19.8 Å². The zero-order valence-corrected chi connectivity index (χ0v) is 13.7. The van der Waals surface area contributed by atoms with E-state index in [2.05, 4.69) is 0 Å². The maximum Gasteiger partial charge on any atom is 0.346 e. The summed E-state index contributed by atoms with van der Waals surface area (Å²) in [5.74, 6) is -0.798. The molecule has 1 fully saturated rings. The van der Waals surface area contributed by atoms with Gasteiger partial charge in [0, 0.05) is 19.2 Å². The molecule has 25 heavy (non-hydrogen) atoms. The van der Waals surface area contributed by atoms with Crippen LogP contribution >= 0.6 is 0 Å². The first kappa shape index (κ1) is 17.0. The van der Waals surface area contributed by atoms with Crippen molar-refractivity contribution in [2.24, 2.45) is 0 Å². The van der Waals surface area contributed by atoms with E-state index in [1.54, 1.807) is 4.90 Å². The number of ether oxygens (including phenoxy) is 3. The molecule has 0 bridgehead atoms. The highest BCUT2D eigenvalue weighted by atomic mass is 16.6. The minimum atomic E-state index is -1.02. The minimum Gasteiger partial charge on any atom is -0.486 e. The molecule has 1 amide bonds. The van der Waals surface area contributed by atoms with Gasteiger partial charge in [0.25, 0.3) is 11.6 Å². The molecule has 3 rings (SSSR count). The van der Waals surface area contributed by atoms with E-state index in [4.69, 9.17) is 14.2 Å². The first-order chi connectivity index (χ1) is 12.0. The van der Waals surface area contributed by atoms with Crippen LogP contribution in [0.4, 0.5) is 5.69 Å². The third kappa shape index (κ3) is 3.49. The standard InChI is InChI=1S/C16H18N2O7/c1-10(15(19)17-4-2-3-5-17)25-16(20)11-8-13-14(24-7-6-23-13)9-12(11)18(21)22/h8-10H,2-7H2,1H3/t10-/m0/s1. The number of fused-ring (bicyclic) bond motifs is 1. The van der Waals surface area contributed by atoms with Crippen LogP contribution in [-0.2, 0) is 9.53 Å². The quantitative estimate of drug-likeness (QED) is 0.460. The molecule has 1 aromatic rings. The van der Waals surface area contributed by atoms with Crippen LogP contribution in [0.2, 0.25) is 0 Å². The molecule has 0 radical (unpaired) electrons. The fourth-order valence-corrected chi connectivity index (χ4v) is 2.86. The Morgan fingerprint density at radius 1 is 1.20 bits per heavy atom. The molecule has 0 unspecified atom stereocenters. The summed E-state index contributed by atoms with van der Waals surface area (Å²) in [5, 5.41) is 11.3. The highest BCUT2D eigenvalue weighted by Gasteiger charge is 2.31. The smallest absolute Gasteiger partial charge is 0.346 e.